The third kappa shape index (κ3) is 6.44. The van der Waals surface area contributed by atoms with Crippen molar-refractivity contribution in [2.45, 2.75) is 31.7 Å². The number of carbonyl (C=O) groups excluding carboxylic acids is 1. The second-order valence-corrected chi connectivity index (χ2v) is 8.92. The highest BCUT2D eigenvalue weighted by atomic mass is 32.2. The van der Waals surface area contributed by atoms with E-state index < -0.39 is 10.0 Å². The van der Waals surface area contributed by atoms with Gasteiger partial charge in [0.1, 0.15) is 11.5 Å². The number of hydrogen-bond donors (Lipinski definition) is 2. The van der Waals surface area contributed by atoms with E-state index in [1.807, 2.05) is 31.2 Å². The van der Waals surface area contributed by atoms with Crippen LogP contribution < -0.4 is 14.8 Å². The lowest BCUT2D eigenvalue weighted by Gasteiger charge is -2.11. The van der Waals surface area contributed by atoms with Crippen LogP contribution >= 0.6 is 0 Å². The van der Waals surface area contributed by atoms with Gasteiger partial charge in [0.2, 0.25) is 10.0 Å². The number of aryl methyl sites for hydroxylation is 2. The van der Waals surface area contributed by atoms with E-state index in [0.29, 0.717) is 36.5 Å². The number of amides is 1. The minimum atomic E-state index is -3.78. The van der Waals surface area contributed by atoms with Crippen molar-refractivity contribution < 1.29 is 22.4 Å². The summed E-state index contributed by atoms with van der Waals surface area (Å²) >= 11 is 0. The van der Waals surface area contributed by atoms with Crippen LogP contribution in [-0.2, 0) is 16.6 Å². The Morgan fingerprint density at radius 1 is 1.06 bits per heavy atom. The van der Waals surface area contributed by atoms with Crippen molar-refractivity contribution in [1.29, 1.82) is 0 Å². The van der Waals surface area contributed by atoms with Gasteiger partial charge in [0, 0.05) is 12.1 Å². The van der Waals surface area contributed by atoms with Crippen molar-refractivity contribution in [3.63, 3.8) is 0 Å². The van der Waals surface area contributed by atoms with Gasteiger partial charge in [-0.1, -0.05) is 18.2 Å². The molecule has 0 atom stereocenters. The molecule has 0 bridgehead atoms. The van der Waals surface area contributed by atoms with Gasteiger partial charge in [0.25, 0.3) is 5.91 Å². The summed E-state index contributed by atoms with van der Waals surface area (Å²) in [7, 11) is -3.78. The predicted octanol–water partition coefficient (Wildman–Crippen LogP) is 3.57. The molecule has 1 aromatic heterocycles. The van der Waals surface area contributed by atoms with Crippen LogP contribution in [0.5, 0.6) is 5.75 Å². The molecule has 0 radical (unpaired) electrons. The molecule has 0 saturated heterocycles. The Labute approximate surface area is 182 Å². The van der Waals surface area contributed by atoms with E-state index in [2.05, 4.69) is 10.0 Å². The molecule has 0 saturated carbocycles. The third-order valence-electron chi connectivity index (χ3n) is 4.65. The van der Waals surface area contributed by atoms with Crippen molar-refractivity contribution in [2.24, 2.45) is 0 Å². The van der Waals surface area contributed by atoms with E-state index in [1.165, 1.54) is 18.4 Å². The monoisotopic (exact) mass is 442 g/mol. The average molecular weight is 443 g/mol. The molecule has 1 amide bonds. The van der Waals surface area contributed by atoms with E-state index in [-0.39, 0.29) is 17.3 Å². The molecule has 0 spiro atoms. The summed E-state index contributed by atoms with van der Waals surface area (Å²) < 4.78 is 38.4. The van der Waals surface area contributed by atoms with Crippen LogP contribution in [0.15, 0.2) is 70.2 Å². The fraction of sp³-hybridized carbons (Fsp3) is 0.261. The van der Waals surface area contributed by atoms with E-state index in [1.54, 1.807) is 25.1 Å². The van der Waals surface area contributed by atoms with Gasteiger partial charge in [0.15, 0.2) is 0 Å². The van der Waals surface area contributed by atoms with Crippen LogP contribution in [0.25, 0.3) is 0 Å². The number of rotatable bonds is 10. The molecule has 3 rings (SSSR count). The van der Waals surface area contributed by atoms with Gasteiger partial charge in [-0.25, -0.2) is 13.1 Å². The number of furan rings is 1. The number of hydrogen-bond acceptors (Lipinski definition) is 5. The quantitative estimate of drug-likeness (QED) is 0.468. The van der Waals surface area contributed by atoms with Gasteiger partial charge in [-0.05, 0) is 67.8 Å². The Morgan fingerprint density at radius 3 is 2.65 bits per heavy atom. The van der Waals surface area contributed by atoms with Crippen molar-refractivity contribution in [1.82, 2.24) is 10.0 Å². The lowest BCUT2D eigenvalue weighted by molar-refractivity contribution is 0.0950. The topological polar surface area (TPSA) is 97.6 Å². The highest BCUT2D eigenvalue weighted by molar-refractivity contribution is 7.89. The molecule has 31 heavy (non-hydrogen) atoms. The van der Waals surface area contributed by atoms with Crippen molar-refractivity contribution in [3.8, 4) is 5.75 Å². The maximum atomic E-state index is 12.6. The van der Waals surface area contributed by atoms with Crippen LogP contribution in [0.3, 0.4) is 0 Å². The van der Waals surface area contributed by atoms with E-state index >= 15 is 0 Å². The number of nitrogens with one attached hydrogen (secondary N) is 2. The smallest absolute Gasteiger partial charge is 0.251 e. The summed E-state index contributed by atoms with van der Waals surface area (Å²) in [6.07, 6.45) is 2.10. The standard InChI is InChI=1S/C23H26N2O5S/c1-17-6-3-7-19(14-17)29-13-5-11-24-23(26)22-15-21(10-9-18(22)2)31(27,28)25-16-20-8-4-12-30-20/h3-4,6-10,12,14-15,25H,5,11,13,16H2,1-2H3,(H,24,26). The summed E-state index contributed by atoms with van der Waals surface area (Å²) in [5, 5.41) is 2.82. The molecule has 0 unspecified atom stereocenters. The normalized spacial score (nSPS) is 11.3. The molecule has 1 heterocycles. The Balaban J connectivity index is 1.54. The Hall–Kier alpha value is -3.10. The molecule has 0 fully saturated rings. The fourth-order valence-corrected chi connectivity index (χ4v) is 3.96. The summed E-state index contributed by atoms with van der Waals surface area (Å²) in [4.78, 5) is 12.6. The Bertz CT molecular complexity index is 1120. The predicted molar refractivity (Wildman–Crippen MR) is 118 cm³/mol. The van der Waals surface area contributed by atoms with Gasteiger partial charge in [-0.3, -0.25) is 4.79 Å². The van der Waals surface area contributed by atoms with Crippen molar-refractivity contribution >= 4 is 15.9 Å². The summed E-state index contributed by atoms with van der Waals surface area (Å²) in [5.41, 5.74) is 2.13. The fourth-order valence-electron chi connectivity index (χ4n) is 2.94. The third-order valence-corrected chi connectivity index (χ3v) is 6.04. The zero-order valence-corrected chi connectivity index (χ0v) is 18.4. The lowest BCUT2D eigenvalue weighted by atomic mass is 10.1. The van der Waals surface area contributed by atoms with Crippen LogP contribution in [0, 0.1) is 13.8 Å². The first-order valence-corrected chi connectivity index (χ1v) is 11.4. The SMILES string of the molecule is Cc1cccc(OCCCNC(=O)c2cc(S(=O)(=O)NCc3ccco3)ccc2C)c1. The first-order chi connectivity index (χ1) is 14.8. The highest BCUT2D eigenvalue weighted by Gasteiger charge is 2.18. The van der Waals surface area contributed by atoms with E-state index in [9.17, 15) is 13.2 Å². The summed E-state index contributed by atoms with van der Waals surface area (Å²) in [5.74, 6) is 0.972. The molecule has 8 heteroatoms. The molecular formula is C23H26N2O5S. The number of benzene rings is 2. The molecule has 3 aromatic rings. The van der Waals surface area contributed by atoms with Crippen LogP contribution in [0.4, 0.5) is 0 Å². The summed E-state index contributed by atoms with van der Waals surface area (Å²) in [6, 6.07) is 15.6. The first kappa shape index (κ1) is 22.6. The molecule has 0 aliphatic carbocycles. The van der Waals surface area contributed by atoms with Crippen molar-refractivity contribution in [3.05, 3.63) is 83.3 Å². The largest absolute Gasteiger partial charge is 0.494 e. The molecular weight excluding hydrogens is 416 g/mol. The van der Waals surface area contributed by atoms with E-state index in [4.69, 9.17) is 9.15 Å². The number of sulfonamides is 1. The second-order valence-electron chi connectivity index (χ2n) is 7.16. The maximum Gasteiger partial charge on any atom is 0.251 e. The minimum absolute atomic E-state index is 0.0255. The molecule has 0 aliphatic rings. The van der Waals surface area contributed by atoms with Gasteiger partial charge in [0.05, 0.1) is 24.3 Å². The Kier molecular flexibility index (Phi) is 7.49. The zero-order valence-electron chi connectivity index (χ0n) is 17.6. The minimum Gasteiger partial charge on any atom is -0.494 e. The Morgan fingerprint density at radius 2 is 1.90 bits per heavy atom. The van der Waals surface area contributed by atoms with Gasteiger partial charge in [-0.2, -0.15) is 0 Å². The molecule has 0 aliphatic heterocycles. The zero-order chi connectivity index (χ0) is 22.3. The lowest BCUT2D eigenvalue weighted by Crippen LogP contribution is -2.27. The second kappa shape index (κ2) is 10.3. The number of ether oxygens (including phenoxy) is 1. The van der Waals surface area contributed by atoms with E-state index in [0.717, 1.165) is 11.3 Å². The van der Waals surface area contributed by atoms with Crippen molar-refractivity contribution in [2.75, 3.05) is 13.2 Å². The van der Waals surface area contributed by atoms with Gasteiger partial charge in [-0.15, -0.1) is 0 Å². The maximum absolute atomic E-state index is 12.6. The van der Waals surface area contributed by atoms with Gasteiger partial charge < -0.3 is 14.5 Å². The van der Waals surface area contributed by atoms with Crippen LogP contribution in [0.2, 0.25) is 0 Å². The van der Waals surface area contributed by atoms with Crippen LogP contribution in [-0.4, -0.2) is 27.5 Å². The summed E-state index contributed by atoms with van der Waals surface area (Å²) in [6.45, 7) is 4.68. The molecule has 2 N–H and O–H groups in total. The average Bonchev–Trinajstić information content (AvgIpc) is 3.26. The van der Waals surface area contributed by atoms with Crippen LogP contribution in [0.1, 0.15) is 33.7 Å². The molecule has 2 aromatic carbocycles. The van der Waals surface area contributed by atoms with Gasteiger partial charge >= 0.3 is 0 Å². The highest BCUT2D eigenvalue weighted by Crippen LogP contribution is 2.17. The number of carbonyl (C=O) groups is 1. The first-order valence-electron chi connectivity index (χ1n) is 9.95. The molecule has 7 nitrogen and oxygen atoms in total. The molecule has 164 valence electrons.